The minimum absolute atomic E-state index is 0.0221. The largest absolute Gasteiger partial charge is 0.334 e. The van der Waals surface area contributed by atoms with E-state index in [0.29, 0.717) is 5.92 Å². The predicted molar refractivity (Wildman–Crippen MR) is 180 cm³/mol. The number of rotatable bonds is 3. The van der Waals surface area contributed by atoms with Gasteiger partial charge in [-0.3, -0.25) is 0 Å². The molecule has 1 fully saturated rings. The predicted octanol–water partition coefficient (Wildman–Crippen LogP) is 11.3. The van der Waals surface area contributed by atoms with Crippen LogP contribution in [-0.4, -0.2) is 5.54 Å². The Morgan fingerprint density at radius 3 is 1.71 bits per heavy atom. The van der Waals surface area contributed by atoms with Crippen LogP contribution in [0.2, 0.25) is 0 Å². The summed E-state index contributed by atoms with van der Waals surface area (Å²) in [6.45, 7) is 7.50. The summed E-state index contributed by atoms with van der Waals surface area (Å²) in [6, 6.07) is 47.3. The second-order valence-corrected chi connectivity index (χ2v) is 13.1. The van der Waals surface area contributed by atoms with E-state index in [4.69, 9.17) is 0 Å². The number of fused-ring (bicyclic) bond motifs is 5. The van der Waals surface area contributed by atoms with Gasteiger partial charge >= 0.3 is 0 Å². The Balaban J connectivity index is 1.42. The van der Waals surface area contributed by atoms with E-state index < -0.39 is 0 Å². The van der Waals surface area contributed by atoms with E-state index in [1.165, 1.54) is 80.0 Å². The maximum absolute atomic E-state index is 2.68. The van der Waals surface area contributed by atoms with Gasteiger partial charge in [-0.1, -0.05) is 117 Å². The number of anilines is 2. The van der Waals surface area contributed by atoms with E-state index in [1.54, 1.807) is 0 Å². The van der Waals surface area contributed by atoms with Gasteiger partial charge in [0.05, 0.1) is 5.54 Å². The van der Waals surface area contributed by atoms with Gasteiger partial charge in [0.1, 0.15) is 0 Å². The molecule has 0 N–H and O–H groups in total. The zero-order valence-corrected chi connectivity index (χ0v) is 24.8. The van der Waals surface area contributed by atoms with Crippen LogP contribution in [0.25, 0.3) is 43.8 Å². The number of hydrogen-bond donors (Lipinski definition) is 0. The fraction of sp³-hybridized carbons (Fsp3) is 0.220. The second-order valence-electron chi connectivity index (χ2n) is 13.1. The van der Waals surface area contributed by atoms with Crippen molar-refractivity contribution in [1.82, 2.24) is 0 Å². The van der Waals surface area contributed by atoms with E-state index in [1.807, 2.05) is 0 Å². The lowest BCUT2D eigenvalue weighted by molar-refractivity contribution is 0.154. The van der Waals surface area contributed by atoms with Crippen molar-refractivity contribution in [2.75, 3.05) is 4.90 Å². The molecule has 206 valence electrons. The molecule has 0 amide bonds. The molecule has 1 aliphatic heterocycles. The standard InChI is InChI=1S/C41H37N/c1-28-24-25-40(2)36-26-30(22-23-37(36)42(41(40,3)27-28)31-16-8-5-9-17-31)39-34-20-12-10-18-32(34)38(29-14-6-4-7-15-29)33-19-11-13-21-35(33)39/h4-23,26,28H,24-25,27H2,1-3H3. The van der Waals surface area contributed by atoms with Gasteiger partial charge in [0.25, 0.3) is 0 Å². The fourth-order valence-electron chi connectivity index (χ4n) is 8.52. The number of benzene rings is 6. The van der Waals surface area contributed by atoms with Crippen LogP contribution in [-0.2, 0) is 5.41 Å². The third kappa shape index (κ3) is 3.49. The van der Waals surface area contributed by atoms with Crippen molar-refractivity contribution in [2.24, 2.45) is 5.92 Å². The zero-order chi connectivity index (χ0) is 28.5. The topological polar surface area (TPSA) is 3.24 Å². The van der Waals surface area contributed by atoms with Crippen molar-refractivity contribution in [3.63, 3.8) is 0 Å². The highest BCUT2D eigenvalue weighted by Crippen LogP contribution is 2.62. The van der Waals surface area contributed by atoms with Gasteiger partial charge < -0.3 is 4.90 Å². The number of hydrogen-bond acceptors (Lipinski definition) is 1. The molecule has 8 rings (SSSR count). The average Bonchev–Trinajstić information content (AvgIpc) is 3.23. The summed E-state index contributed by atoms with van der Waals surface area (Å²) in [6.07, 6.45) is 3.68. The van der Waals surface area contributed by atoms with Gasteiger partial charge in [-0.05, 0) is 106 Å². The Kier molecular flexibility index (Phi) is 5.63. The first-order valence-electron chi connectivity index (χ1n) is 15.5. The summed E-state index contributed by atoms with van der Waals surface area (Å²) in [5.41, 5.74) is 9.51. The molecule has 1 heterocycles. The normalized spacial score (nSPS) is 23.2. The van der Waals surface area contributed by atoms with Gasteiger partial charge in [-0.2, -0.15) is 0 Å². The molecule has 1 nitrogen and oxygen atoms in total. The molecule has 6 aromatic carbocycles. The molecule has 3 unspecified atom stereocenters. The minimum atomic E-state index is 0.0221. The smallest absolute Gasteiger partial charge is 0.0520 e. The SMILES string of the molecule is CC1CCC2(C)c3cc(-c4c5ccccc5c(-c5ccccc5)c5ccccc45)ccc3N(c3ccccc3)C2(C)C1. The summed E-state index contributed by atoms with van der Waals surface area (Å²) in [5, 5.41) is 5.26. The first-order valence-corrected chi connectivity index (χ1v) is 15.5. The first kappa shape index (κ1) is 25.4. The quantitative estimate of drug-likeness (QED) is 0.201. The molecule has 1 heteroatoms. The van der Waals surface area contributed by atoms with Crippen molar-refractivity contribution in [3.05, 3.63) is 133 Å². The zero-order valence-electron chi connectivity index (χ0n) is 24.8. The average molecular weight is 544 g/mol. The summed E-state index contributed by atoms with van der Waals surface area (Å²) in [7, 11) is 0. The molecule has 1 aliphatic carbocycles. The van der Waals surface area contributed by atoms with Gasteiger partial charge in [0.15, 0.2) is 0 Å². The Bertz CT molecular complexity index is 1900. The molecular weight excluding hydrogens is 506 g/mol. The second kappa shape index (κ2) is 9.33. The molecule has 0 radical (unpaired) electrons. The van der Waals surface area contributed by atoms with E-state index in [9.17, 15) is 0 Å². The van der Waals surface area contributed by atoms with Crippen molar-refractivity contribution in [3.8, 4) is 22.3 Å². The van der Waals surface area contributed by atoms with Crippen LogP contribution in [0.4, 0.5) is 11.4 Å². The lowest BCUT2D eigenvalue weighted by Gasteiger charge is -2.52. The molecule has 2 aliphatic rings. The van der Waals surface area contributed by atoms with Crippen LogP contribution in [0.1, 0.15) is 45.6 Å². The highest BCUT2D eigenvalue weighted by Gasteiger charge is 2.58. The van der Waals surface area contributed by atoms with E-state index in [-0.39, 0.29) is 11.0 Å². The summed E-state index contributed by atoms with van der Waals surface area (Å²) in [4.78, 5) is 2.68. The van der Waals surface area contributed by atoms with Crippen molar-refractivity contribution in [1.29, 1.82) is 0 Å². The molecule has 6 aromatic rings. The lowest BCUT2D eigenvalue weighted by Crippen LogP contribution is -2.56. The molecule has 42 heavy (non-hydrogen) atoms. The Morgan fingerprint density at radius 1 is 0.595 bits per heavy atom. The Hall–Kier alpha value is -4.36. The van der Waals surface area contributed by atoms with E-state index in [2.05, 4.69) is 153 Å². The monoisotopic (exact) mass is 543 g/mol. The Labute approximate surface area is 249 Å². The van der Waals surface area contributed by atoms with Crippen LogP contribution in [0, 0.1) is 5.92 Å². The van der Waals surface area contributed by atoms with Crippen molar-refractivity contribution >= 4 is 32.9 Å². The number of para-hydroxylation sites is 1. The van der Waals surface area contributed by atoms with Crippen LogP contribution in [0.5, 0.6) is 0 Å². The van der Waals surface area contributed by atoms with Gasteiger partial charge in [0.2, 0.25) is 0 Å². The van der Waals surface area contributed by atoms with Crippen molar-refractivity contribution < 1.29 is 0 Å². The molecule has 3 atom stereocenters. The molecular formula is C41H37N. The van der Waals surface area contributed by atoms with Gasteiger partial charge in [0, 0.05) is 16.8 Å². The van der Waals surface area contributed by atoms with E-state index in [0.717, 1.165) is 0 Å². The molecule has 0 saturated heterocycles. The van der Waals surface area contributed by atoms with Crippen LogP contribution < -0.4 is 4.90 Å². The molecule has 0 aromatic heterocycles. The third-order valence-corrected chi connectivity index (χ3v) is 10.7. The summed E-state index contributed by atoms with van der Waals surface area (Å²) < 4.78 is 0. The van der Waals surface area contributed by atoms with Gasteiger partial charge in [-0.25, -0.2) is 0 Å². The molecule has 0 bridgehead atoms. The van der Waals surface area contributed by atoms with Crippen LogP contribution >= 0.6 is 0 Å². The maximum Gasteiger partial charge on any atom is 0.0520 e. The highest BCUT2D eigenvalue weighted by atomic mass is 15.3. The van der Waals surface area contributed by atoms with Crippen LogP contribution in [0.15, 0.2) is 127 Å². The minimum Gasteiger partial charge on any atom is -0.334 e. The van der Waals surface area contributed by atoms with Crippen LogP contribution in [0.3, 0.4) is 0 Å². The maximum atomic E-state index is 2.68. The fourth-order valence-corrected chi connectivity index (χ4v) is 8.52. The molecule has 1 saturated carbocycles. The number of nitrogens with zero attached hydrogens (tertiary/aromatic N) is 1. The van der Waals surface area contributed by atoms with Crippen molar-refractivity contribution in [2.45, 2.75) is 51.0 Å². The summed E-state index contributed by atoms with van der Waals surface area (Å²) in [5.74, 6) is 0.710. The highest BCUT2D eigenvalue weighted by molar-refractivity contribution is 6.21. The first-order chi connectivity index (χ1) is 20.5. The Morgan fingerprint density at radius 2 is 1.12 bits per heavy atom. The summed E-state index contributed by atoms with van der Waals surface area (Å²) >= 11 is 0. The van der Waals surface area contributed by atoms with Gasteiger partial charge in [-0.15, -0.1) is 0 Å². The lowest BCUT2D eigenvalue weighted by atomic mass is 9.59. The third-order valence-electron chi connectivity index (χ3n) is 10.7. The molecule has 0 spiro atoms. The van der Waals surface area contributed by atoms with E-state index >= 15 is 0 Å².